The number of ether oxygens (including phenoxy) is 1. The van der Waals surface area contributed by atoms with E-state index < -0.39 is 23.6 Å². The molecule has 0 aliphatic carbocycles. The summed E-state index contributed by atoms with van der Waals surface area (Å²) in [5.74, 6) is -1.63. The van der Waals surface area contributed by atoms with E-state index in [9.17, 15) is 18.4 Å². The Balaban J connectivity index is 1.80. The minimum absolute atomic E-state index is 0.198. The quantitative estimate of drug-likeness (QED) is 0.564. The number of carbonyl (C=O) groups excluding carboxylic acids is 1. The van der Waals surface area contributed by atoms with Gasteiger partial charge in [-0.1, -0.05) is 0 Å². The topological polar surface area (TPSA) is 108 Å². The van der Waals surface area contributed by atoms with E-state index in [1.807, 2.05) is 4.90 Å². The van der Waals surface area contributed by atoms with E-state index in [2.05, 4.69) is 10.6 Å². The first kappa shape index (κ1) is 23.2. The second kappa shape index (κ2) is 9.89. The van der Waals surface area contributed by atoms with Crippen LogP contribution in [0.25, 0.3) is 11.0 Å². The normalized spacial score (nSPS) is 14.5. The Morgan fingerprint density at radius 3 is 2.50 bits per heavy atom. The number of anilines is 3. The average Bonchev–Trinajstić information content (AvgIpc) is 2.79. The molecular weight excluding hydrogens is 446 g/mol. The molecule has 8 nitrogen and oxygen atoms in total. The van der Waals surface area contributed by atoms with E-state index in [0.29, 0.717) is 43.4 Å². The van der Waals surface area contributed by atoms with Gasteiger partial charge in [0.1, 0.15) is 23.6 Å². The van der Waals surface area contributed by atoms with Gasteiger partial charge in [0.05, 0.1) is 30.7 Å². The molecular formula is C24H22F2N4O4. The zero-order valence-corrected chi connectivity index (χ0v) is 18.4. The van der Waals surface area contributed by atoms with Crippen molar-refractivity contribution in [2.24, 2.45) is 0 Å². The van der Waals surface area contributed by atoms with Crippen molar-refractivity contribution in [2.45, 2.75) is 19.4 Å². The number of halogens is 2. The zero-order valence-electron chi connectivity index (χ0n) is 18.4. The molecule has 0 saturated carbocycles. The largest absolute Gasteiger partial charge is 0.440 e. The molecule has 1 aromatic heterocycles. The van der Waals surface area contributed by atoms with E-state index in [-0.39, 0.29) is 28.5 Å². The van der Waals surface area contributed by atoms with Crippen LogP contribution in [0.1, 0.15) is 24.9 Å². The predicted octanol–water partition coefficient (Wildman–Crippen LogP) is 3.93. The number of fused-ring (bicyclic) bond motifs is 1. The fourth-order valence-corrected chi connectivity index (χ4v) is 3.85. The molecule has 34 heavy (non-hydrogen) atoms. The Bertz CT molecular complexity index is 1310. The summed E-state index contributed by atoms with van der Waals surface area (Å²) >= 11 is 0. The fraction of sp³-hybridized carbons (Fsp3) is 0.292. The van der Waals surface area contributed by atoms with Crippen molar-refractivity contribution < 1.29 is 22.7 Å². The van der Waals surface area contributed by atoms with Crippen LogP contribution in [0.5, 0.6) is 0 Å². The number of rotatable bonds is 6. The summed E-state index contributed by atoms with van der Waals surface area (Å²) < 4.78 is 38.9. The average molecular weight is 468 g/mol. The molecule has 1 saturated heterocycles. The summed E-state index contributed by atoms with van der Waals surface area (Å²) in [7, 11) is 0. The standard InChI is InChI=1S/C24H22F2N4O4/c1-14(28-17-9-15(25)8-16(26)10-17)19-11-18(29-22(32)2-3-27)12-20-21(31)13-23(34-24(19)20)30-4-6-33-7-5-30/h8-14,28H,2,4-7H2,1H3,(H,29,32). The molecule has 1 aliphatic rings. The van der Waals surface area contributed by atoms with Gasteiger partial charge in [-0.3, -0.25) is 9.59 Å². The van der Waals surface area contributed by atoms with Crippen LogP contribution in [0.3, 0.4) is 0 Å². The van der Waals surface area contributed by atoms with E-state index in [1.165, 1.54) is 12.1 Å². The second-order valence-electron chi connectivity index (χ2n) is 7.90. The molecule has 2 N–H and O–H groups in total. The number of hydrogen-bond acceptors (Lipinski definition) is 7. The third kappa shape index (κ3) is 5.15. The number of morpholine rings is 1. The van der Waals surface area contributed by atoms with Crippen LogP contribution >= 0.6 is 0 Å². The molecule has 1 aliphatic heterocycles. The number of benzene rings is 2. The number of nitrogens with one attached hydrogen (secondary N) is 2. The van der Waals surface area contributed by atoms with E-state index in [1.54, 1.807) is 19.1 Å². The Kier molecular flexibility index (Phi) is 6.75. The van der Waals surface area contributed by atoms with Crippen molar-refractivity contribution in [1.82, 2.24) is 0 Å². The Hall–Kier alpha value is -3.97. The lowest BCUT2D eigenvalue weighted by atomic mass is 10.0. The summed E-state index contributed by atoms with van der Waals surface area (Å²) in [4.78, 5) is 26.9. The monoisotopic (exact) mass is 468 g/mol. The summed E-state index contributed by atoms with van der Waals surface area (Å²) in [5.41, 5.74) is 0.951. The van der Waals surface area contributed by atoms with Gasteiger partial charge in [-0.05, 0) is 31.2 Å². The van der Waals surface area contributed by atoms with Crippen LogP contribution in [0, 0.1) is 23.0 Å². The van der Waals surface area contributed by atoms with Gasteiger partial charge in [0.2, 0.25) is 5.91 Å². The minimum Gasteiger partial charge on any atom is -0.440 e. The van der Waals surface area contributed by atoms with Gasteiger partial charge < -0.3 is 24.7 Å². The Morgan fingerprint density at radius 2 is 1.82 bits per heavy atom. The lowest BCUT2D eigenvalue weighted by molar-refractivity contribution is -0.115. The van der Waals surface area contributed by atoms with Crippen molar-refractivity contribution >= 4 is 34.1 Å². The highest BCUT2D eigenvalue weighted by atomic mass is 19.1. The summed E-state index contributed by atoms with van der Waals surface area (Å²) in [6.07, 6.45) is -0.353. The number of carbonyl (C=O) groups is 1. The van der Waals surface area contributed by atoms with Gasteiger partial charge in [0.15, 0.2) is 11.3 Å². The lowest BCUT2D eigenvalue weighted by Gasteiger charge is -2.27. The molecule has 1 fully saturated rings. The van der Waals surface area contributed by atoms with Gasteiger partial charge in [0, 0.05) is 42.2 Å². The van der Waals surface area contributed by atoms with Crippen LogP contribution in [0.4, 0.5) is 26.0 Å². The summed E-state index contributed by atoms with van der Waals surface area (Å²) in [6, 6.07) is 8.74. The van der Waals surface area contributed by atoms with Gasteiger partial charge in [-0.25, -0.2) is 8.78 Å². The van der Waals surface area contributed by atoms with Gasteiger partial charge in [-0.15, -0.1) is 0 Å². The van der Waals surface area contributed by atoms with Crippen molar-refractivity contribution in [2.75, 3.05) is 41.8 Å². The van der Waals surface area contributed by atoms with E-state index >= 15 is 0 Å². The summed E-state index contributed by atoms with van der Waals surface area (Å²) in [5, 5.41) is 14.6. The van der Waals surface area contributed by atoms with Crippen LogP contribution in [0.2, 0.25) is 0 Å². The molecule has 0 bridgehead atoms. The Labute approximate surface area is 193 Å². The van der Waals surface area contributed by atoms with Crippen LogP contribution in [0.15, 0.2) is 45.6 Å². The number of nitrogens with zero attached hydrogens (tertiary/aromatic N) is 2. The van der Waals surface area contributed by atoms with Crippen LogP contribution in [-0.2, 0) is 9.53 Å². The first-order valence-electron chi connectivity index (χ1n) is 10.7. The highest BCUT2D eigenvalue weighted by Crippen LogP contribution is 2.32. The highest BCUT2D eigenvalue weighted by molar-refractivity contribution is 5.95. The smallest absolute Gasteiger partial charge is 0.238 e. The molecule has 176 valence electrons. The lowest BCUT2D eigenvalue weighted by Crippen LogP contribution is -2.36. The SMILES string of the molecule is CC(Nc1cc(F)cc(F)c1)c1cc(NC(=O)CC#N)cc2c(=O)cc(N3CCOCC3)oc12. The number of nitriles is 1. The molecule has 1 amide bonds. The van der Waals surface area contributed by atoms with Gasteiger partial charge in [-0.2, -0.15) is 5.26 Å². The molecule has 2 aromatic carbocycles. The van der Waals surface area contributed by atoms with Crippen LogP contribution < -0.4 is 21.0 Å². The molecule has 0 radical (unpaired) electrons. The maximum absolute atomic E-state index is 13.7. The van der Waals surface area contributed by atoms with Crippen LogP contribution in [-0.4, -0.2) is 32.2 Å². The number of hydrogen-bond donors (Lipinski definition) is 2. The Morgan fingerprint density at radius 1 is 1.12 bits per heavy atom. The fourth-order valence-electron chi connectivity index (χ4n) is 3.85. The van der Waals surface area contributed by atoms with E-state index in [0.717, 1.165) is 18.2 Å². The molecule has 4 rings (SSSR count). The molecule has 2 heterocycles. The first-order chi connectivity index (χ1) is 16.3. The second-order valence-corrected chi connectivity index (χ2v) is 7.90. The number of amides is 1. The van der Waals surface area contributed by atoms with Gasteiger partial charge in [0.25, 0.3) is 0 Å². The maximum Gasteiger partial charge on any atom is 0.238 e. The first-order valence-corrected chi connectivity index (χ1v) is 10.7. The third-order valence-electron chi connectivity index (χ3n) is 5.40. The van der Waals surface area contributed by atoms with Gasteiger partial charge >= 0.3 is 0 Å². The van der Waals surface area contributed by atoms with Crippen molar-refractivity contribution in [1.29, 1.82) is 5.26 Å². The van der Waals surface area contributed by atoms with Crippen molar-refractivity contribution in [3.05, 3.63) is 63.8 Å². The van der Waals surface area contributed by atoms with Crippen molar-refractivity contribution in [3.63, 3.8) is 0 Å². The predicted molar refractivity (Wildman–Crippen MR) is 123 cm³/mol. The zero-order chi connectivity index (χ0) is 24.2. The molecule has 3 aromatic rings. The molecule has 1 atom stereocenters. The molecule has 10 heteroatoms. The maximum atomic E-state index is 13.7. The molecule has 1 unspecified atom stereocenters. The minimum atomic E-state index is -0.738. The van der Waals surface area contributed by atoms with E-state index in [4.69, 9.17) is 14.4 Å². The highest BCUT2D eigenvalue weighted by Gasteiger charge is 2.20. The summed E-state index contributed by atoms with van der Waals surface area (Å²) in [6.45, 7) is 3.86. The third-order valence-corrected chi connectivity index (χ3v) is 5.40. The molecule has 0 spiro atoms. The van der Waals surface area contributed by atoms with Crippen molar-refractivity contribution in [3.8, 4) is 6.07 Å².